The number of aromatic nitrogens is 3. The molecule has 0 bridgehead atoms. The minimum absolute atomic E-state index is 0.148. The molecule has 3 aromatic rings. The highest BCUT2D eigenvalue weighted by Gasteiger charge is 2.13. The minimum atomic E-state index is -3.21. The van der Waals surface area contributed by atoms with Gasteiger partial charge < -0.3 is 4.57 Å². The summed E-state index contributed by atoms with van der Waals surface area (Å²) in [4.78, 5) is 8.73. The van der Waals surface area contributed by atoms with E-state index >= 15 is 0 Å². The van der Waals surface area contributed by atoms with E-state index in [2.05, 4.69) is 9.71 Å². The molecular formula is C17H20N4O2S. The number of hydrogen-bond donors (Lipinski definition) is 1. The lowest BCUT2D eigenvalue weighted by molar-refractivity contribution is 0.573. The minimum Gasteiger partial charge on any atom is -0.323 e. The van der Waals surface area contributed by atoms with E-state index in [1.54, 1.807) is 12.4 Å². The SMILES string of the molecule is CCCS(=O)(=O)NCCn1c(-c2ccncc2)nc2ccccc21. The van der Waals surface area contributed by atoms with Crippen molar-refractivity contribution < 1.29 is 8.42 Å². The molecule has 6 nitrogen and oxygen atoms in total. The number of benzene rings is 1. The lowest BCUT2D eigenvalue weighted by atomic mass is 10.2. The molecule has 0 aliphatic carbocycles. The third kappa shape index (κ3) is 3.63. The first-order chi connectivity index (χ1) is 11.6. The van der Waals surface area contributed by atoms with Gasteiger partial charge in [-0.25, -0.2) is 18.1 Å². The maximum atomic E-state index is 11.8. The standard InChI is InChI=1S/C17H20N4O2S/c1-2-13-24(22,23)19-11-12-21-16-6-4-3-5-15(16)20-17(21)14-7-9-18-10-8-14/h3-10,19H,2,11-13H2,1H3. The van der Waals surface area contributed by atoms with Crippen molar-refractivity contribution in [2.45, 2.75) is 19.9 Å². The lowest BCUT2D eigenvalue weighted by Gasteiger charge is -2.10. The molecule has 24 heavy (non-hydrogen) atoms. The molecule has 0 saturated carbocycles. The number of imidazole rings is 1. The molecule has 2 aromatic heterocycles. The number of rotatable bonds is 7. The lowest BCUT2D eigenvalue weighted by Crippen LogP contribution is -2.29. The molecule has 1 N–H and O–H groups in total. The van der Waals surface area contributed by atoms with Crippen LogP contribution in [0.25, 0.3) is 22.4 Å². The summed E-state index contributed by atoms with van der Waals surface area (Å²) in [6.45, 7) is 2.70. The fraction of sp³-hybridized carbons (Fsp3) is 0.294. The van der Waals surface area contributed by atoms with Gasteiger partial charge in [0, 0.05) is 31.0 Å². The van der Waals surface area contributed by atoms with Crippen molar-refractivity contribution in [3.63, 3.8) is 0 Å². The van der Waals surface area contributed by atoms with E-state index in [-0.39, 0.29) is 5.75 Å². The van der Waals surface area contributed by atoms with Gasteiger partial charge in [-0.1, -0.05) is 19.1 Å². The summed E-state index contributed by atoms with van der Waals surface area (Å²) in [5, 5.41) is 0. The van der Waals surface area contributed by atoms with Gasteiger partial charge in [0.05, 0.1) is 16.8 Å². The van der Waals surface area contributed by atoms with Gasteiger partial charge >= 0.3 is 0 Å². The maximum Gasteiger partial charge on any atom is 0.211 e. The first-order valence-electron chi connectivity index (χ1n) is 7.94. The normalized spacial score (nSPS) is 11.9. The summed E-state index contributed by atoms with van der Waals surface area (Å²) >= 11 is 0. The van der Waals surface area contributed by atoms with Crippen molar-refractivity contribution in [3.05, 3.63) is 48.8 Å². The number of hydrogen-bond acceptors (Lipinski definition) is 4. The summed E-state index contributed by atoms with van der Waals surface area (Å²) in [5.41, 5.74) is 2.83. The molecule has 126 valence electrons. The van der Waals surface area contributed by atoms with Gasteiger partial charge in [-0.2, -0.15) is 0 Å². The average Bonchev–Trinajstić information content (AvgIpc) is 2.94. The smallest absolute Gasteiger partial charge is 0.211 e. The van der Waals surface area contributed by atoms with Gasteiger partial charge in [-0.05, 0) is 30.7 Å². The zero-order valence-corrected chi connectivity index (χ0v) is 14.3. The van der Waals surface area contributed by atoms with Gasteiger partial charge in [0.15, 0.2) is 0 Å². The van der Waals surface area contributed by atoms with Crippen molar-refractivity contribution in [2.75, 3.05) is 12.3 Å². The fourth-order valence-corrected chi connectivity index (χ4v) is 3.76. The third-order valence-electron chi connectivity index (χ3n) is 3.72. The van der Waals surface area contributed by atoms with E-state index in [1.807, 2.05) is 47.9 Å². The van der Waals surface area contributed by atoms with Crippen molar-refractivity contribution in [3.8, 4) is 11.4 Å². The Bertz CT molecular complexity index is 920. The molecule has 3 rings (SSSR count). The average molecular weight is 344 g/mol. The zero-order valence-electron chi connectivity index (χ0n) is 13.5. The molecular weight excluding hydrogens is 324 g/mol. The highest BCUT2D eigenvalue weighted by Crippen LogP contribution is 2.24. The molecule has 1 aromatic carbocycles. The Morgan fingerprint density at radius 1 is 1.12 bits per heavy atom. The van der Waals surface area contributed by atoms with Crippen LogP contribution < -0.4 is 4.72 Å². The first-order valence-corrected chi connectivity index (χ1v) is 9.59. The quantitative estimate of drug-likeness (QED) is 0.714. The van der Waals surface area contributed by atoms with Crippen LogP contribution in [-0.4, -0.2) is 35.3 Å². The molecule has 2 heterocycles. The Labute approximate surface area is 141 Å². The van der Waals surface area contributed by atoms with Crippen LogP contribution in [0.5, 0.6) is 0 Å². The van der Waals surface area contributed by atoms with E-state index in [0.29, 0.717) is 19.5 Å². The van der Waals surface area contributed by atoms with Crippen LogP contribution >= 0.6 is 0 Å². The Morgan fingerprint density at radius 2 is 1.88 bits per heavy atom. The number of fused-ring (bicyclic) bond motifs is 1. The molecule has 0 unspecified atom stereocenters. The monoisotopic (exact) mass is 344 g/mol. The van der Waals surface area contributed by atoms with Crippen molar-refractivity contribution in [2.24, 2.45) is 0 Å². The summed E-state index contributed by atoms with van der Waals surface area (Å²) in [6, 6.07) is 11.7. The molecule has 0 saturated heterocycles. The molecule has 0 fully saturated rings. The number of para-hydroxylation sites is 2. The Hall–Kier alpha value is -2.25. The second-order valence-corrected chi connectivity index (χ2v) is 7.45. The summed E-state index contributed by atoms with van der Waals surface area (Å²) < 4.78 is 28.4. The fourth-order valence-electron chi connectivity index (χ4n) is 2.68. The maximum absolute atomic E-state index is 11.8. The first kappa shape index (κ1) is 16.6. The van der Waals surface area contributed by atoms with Crippen molar-refractivity contribution >= 4 is 21.1 Å². The van der Waals surface area contributed by atoms with E-state index in [4.69, 9.17) is 4.98 Å². The third-order valence-corrected chi connectivity index (χ3v) is 5.31. The Kier molecular flexibility index (Phi) is 4.92. The molecule has 7 heteroatoms. The Balaban J connectivity index is 1.91. The van der Waals surface area contributed by atoms with Crippen LogP contribution in [0.1, 0.15) is 13.3 Å². The highest BCUT2D eigenvalue weighted by atomic mass is 32.2. The molecule has 0 spiro atoms. The van der Waals surface area contributed by atoms with Gasteiger partial charge in [0.1, 0.15) is 5.82 Å². The van der Waals surface area contributed by atoms with Crippen LogP contribution in [0.2, 0.25) is 0 Å². The van der Waals surface area contributed by atoms with E-state index in [1.165, 1.54) is 0 Å². The van der Waals surface area contributed by atoms with Crippen LogP contribution in [0.3, 0.4) is 0 Å². The zero-order chi connectivity index (χ0) is 17.0. The second-order valence-electron chi connectivity index (χ2n) is 5.52. The Morgan fingerprint density at radius 3 is 2.62 bits per heavy atom. The largest absolute Gasteiger partial charge is 0.323 e. The second kappa shape index (κ2) is 7.11. The van der Waals surface area contributed by atoms with Crippen LogP contribution in [0.4, 0.5) is 0 Å². The number of pyridine rings is 1. The van der Waals surface area contributed by atoms with Gasteiger partial charge in [-0.15, -0.1) is 0 Å². The topological polar surface area (TPSA) is 76.9 Å². The predicted octanol–water partition coefficient (Wildman–Crippen LogP) is 2.43. The van der Waals surface area contributed by atoms with Crippen molar-refractivity contribution in [1.29, 1.82) is 0 Å². The summed E-state index contributed by atoms with van der Waals surface area (Å²) in [5.74, 6) is 0.961. The van der Waals surface area contributed by atoms with Crippen LogP contribution in [-0.2, 0) is 16.6 Å². The highest BCUT2D eigenvalue weighted by molar-refractivity contribution is 7.89. The molecule has 0 radical (unpaired) electrons. The van der Waals surface area contributed by atoms with Gasteiger partial charge in [0.2, 0.25) is 10.0 Å². The van der Waals surface area contributed by atoms with Gasteiger partial charge in [0.25, 0.3) is 0 Å². The van der Waals surface area contributed by atoms with E-state index < -0.39 is 10.0 Å². The van der Waals surface area contributed by atoms with Crippen LogP contribution in [0, 0.1) is 0 Å². The number of nitrogens with one attached hydrogen (secondary N) is 1. The van der Waals surface area contributed by atoms with Crippen LogP contribution in [0.15, 0.2) is 48.8 Å². The summed E-state index contributed by atoms with van der Waals surface area (Å²) in [7, 11) is -3.21. The molecule has 0 aliphatic heterocycles. The number of sulfonamides is 1. The van der Waals surface area contributed by atoms with E-state index in [9.17, 15) is 8.42 Å². The molecule has 0 amide bonds. The summed E-state index contributed by atoms with van der Waals surface area (Å²) in [6.07, 6.45) is 4.05. The van der Waals surface area contributed by atoms with Gasteiger partial charge in [-0.3, -0.25) is 4.98 Å². The molecule has 0 atom stereocenters. The van der Waals surface area contributed by atoms with Crippen molar-refractivity contribution in [1.82, 2.24) is 19.3 Å². The predicted molar refractivity (Wildman–Crippen MR) is 95.0 cm³/mol. The number of nitrogens with zero attached hydrogens (tertiary/aromatic N) is 3. The molecule has 0 aliphatic rings. The van der Waals surface area contributed by atoms with E-state index in [0.717, 1.165) is 22.4 Å².